The van der Waals surface area contributed by atoms with Crippen molar-refractivity contribution in [2.24, 2.45) is 17.6 Å². The van der Waals surface area contributed by atoms with Crippen LogP contribution in [0.2, 0.25) is 0 Å². The summed E-state index contributed by atoms with van der Waals surface area (Å²) in [5.41, 5.74) is 6.10. The third kappa shape index (κ3) is 7.14. The van der Waals surface area contributed by atoms with Crippen molar-refractivity contribution in [3.63, 3.8) is 0 Å². The van der Waals surface area contributed by atoms with E-state index in [2.05, 4.69) is 24.1 Å². The number of hydrogen-bond acceptors (Lipinski definition) is 4. The molecule has 2 fully saturated rings. The fourth-order valence-electron chi connectivity index (χ4n) is 3.41. The summed E-state index contributed by atoms with van der Waals surface area (Å²) in [7, 11) is 0. The maximum absolute atomic E-state index is 12.2. The van der Waals surface area contributed by atoms with Gasteiger partial charge in [0, 0.05) is 32.3 Å². The lowest BCUT2D eigenvalue weighted by molar-refractivity contribution is -0.124. The predicted octanol–water partition coefficient (Wildman–Crippen LogP) is 1.82. The van der Waals surface area contributed by atoms with Crippen LogP contribution in [0.15, 0.2) is 0 Å². The van der Waals surface area contributed by atoms with E-state index < -0.39 is 0 Å². The van der Waals surface area contributed by atoms with Crippen molar-refractivity contribution in [1.29, 1.82) is 0 Å². The normalized spacial score (nSPS) is 25.6. The number of likely N-dealkylation sites (tertiary alicyclic amines) is 1. The van der Waals surface area contributed by atoms with E-state index in [1.807, 2.05) is 0 Å². The van der Waals surface area contributed by atoms with Crippen molar-refractivity contribution in [3.05, 3.63) is 0 Å². The third-order valence-corrected chi connectivity index (χ3v) is 4.96. The molecule has 0 aromatic rings. The SMILES string of the molecule is CC1CCCN(C(C)CNC(=O)C(N)C2CCOCC2)C1.Cl.Cl. The molecule has 3 unspecified atom stereocenters. The minimum absolute atomic E-state index is 0. The van der Waals surface area contributed by atoms with Crippen LogP contribution in [0, 0.1) is 11.8 Å². The van der Waals surface area contributed by atoms with Gasteiger partial charge in [0.1, 0.15) is 0 Å². The van der Waals surface area contributed by atoms with E-state index in [0.717, 1.165) is 45.1 Å². The lowest BCUT2D eigenvalue weighted by atomic mass is 9.92. The Hall–Kier alpha value is -0.0700. The predicted molar refractivity (Wildman–Crippen MR) is 98.5 cm³/mol. The van der Waals surface area contributed by atoms with Crippen molar-refractivity contribution in [2.75, 3.05) is 32.8 Å². The summed E-state index contributed by atoms with van der Waals surface area (Å²) in [6.07, 6.45) is 4.38. The molecule has 2 rings (SSSR count). The molecular formula is C16H33Cl2N3O2. The first-order valence-corrected chi connectivity index (χ1v) is 8.43. The summed E-state index contributed by atoms with van der Waals surface area (Å²) in [5, 5.41) is 3.05. The Labute approximate surface area is 152 Å². The average molecular weight is 370 g/mol. The van der Waals surface area contributed by atoms with Crippen LogP contribution in [-0.4, -0.2) is 55.7 Å². The highest BCUT2D eigenvalue weighted by molar-refractivity contribution is 5.85. The van der Waals surface area contributed by atoms with Crippen molar-refractivity contribution < 1.29 is 9.53 Å². The summed E-state index contributed by atoms with van der Waals surface area (Å²) in [5.74, 6) is 1.03. The smallest absolute Gasteiger partial charge is 0.237 e. The van der Waals surface area contributed by atoms with E-state index in [0.29, 0.717) is 12.6 Å². The van der Waals surface area contributed by atoms with Gasteiger partial charge < -0.3 is 15.8 Å². The van der Waals surface area contributed by atoms with Gasteiger partial charge in [0.05, 0.1) is 6.04 Å². The van der Waals surface area contributed by atoms with Gasteiger partial charge in [-0.15, -0.1) is 24.8 Å². The van der Waals surface area contributed by atoms with Gasteiger partial charge in [-0.05, 0) is 51.0 Å². The summed E-state index contributed by atoms with van der Waals surface area (Å²) in [6.45, 7) is 8.94. The van der Waals surface area contributed by atoms with Gasteiger partial charge in [-0.3, -0.25) is 9.69 Å². The second kappa shape index (κ2) is 11.5. The van der Waals surface area contributed by atoms with Crippen molar-refractivity contribution in [2.45, 2.75) is 51.6 Å². The molecule has 7 heteroatoms. The first-order valence-electron chi connectivity index (χ1n) is 8.43. The molecule has 0 radical (unpaired) electrons. The second-order valence-electron chi connectivity index (χ2n) is 6.81. The number of halogens is 2. The number of carbonyl (C=O) groups excluding carboxylic acids is 1. The Morgan fingerprint density at radius 1 is 1.30 bits per heavy atom. The average Bonchev–Trinajstić information content (AvgIpc) is 2.52. The second-order valence-corrected chi connectivity index (χ2v) is 6.81. The number of amides is 1. The number of carbonyl (C=O) groups is 1. The van der Waals surface area contributed by atoms with Crippen LogP contribution in [0.3, 0.4) is 0 Å². The molecule has 0 spiro atoms. The topological polar surface area (TPSA) is 67.6 Å². The standard InChI is InChI=1S/C16H31N3O2.2ClH/c1-12-4-3-7-19(11-12)13(2)10-18-16(20)15(17)14-5-8-21-9-6-14;;/h12-15H,3-11,17H2,1-2H3,(H,18,20);2*1H. The summed E-state index contributed by atoms with van der Waals surface area (Å²) in [6, 6.07) is -0.0000291. The highest BCUT2D eigenvalue weighted by atomic mass is 35.5. The Balaban J connectivity index is 0.00000242. The van der Waals surface area contributed by atoms with Gasteiger partial charge in [-0.2, -0.15) is 0 Å². The maximum atomic E-state index is 12.2. The fourth-order valence-corrected chi connectivity index (χ4v) is 3.41. The number of piperidine rings is 1. The van der Waals surface area contributed by atoms with Crippen molar-refractivity contribution in [1.82, 2.24) is 10.2 Å². The molecular weight excluding hydrogens is 337 g/mol. The van der Waals surface area contributed by atoms with Crippen LogP contribution in [0.1, 0.15) is 39.5 Å². The molecule has 3 N–H and O–H groups in total. The quantitative estimate of drug-likeness (QED) is 0.775. The van der Waals surface area contributed by atoms with E-state index in [1.165, 1.54) is 12.8 Å². The van der Waals surface area contributed by atoms with Crippen LogP contribution in [0.25, 0.3) is 0 Å². The van der Waals surface area contributed by atoms with Crippen LogP contribution in [0.4, 0.5) is 0 Å². The zero-order chi connectivity index (χ0) is 15.2. The van der Waals surface area contributed by atoms with E-state index in [-0.39, 0.29) is 42.7 Å². The minimum atomic E-state index is -0.388. The molecule has 1 amide bonds. The zero-order valence-corrected chi connectivity index (χ0v) is 16.0. The van der Waals surface area contributed by atoms with Gasteiger partial charge in [0.2, 0.25) is 5.91 Å². The molecule has 5 nitrogen and oxygen atoms in total. The molecule has 2 heterocycles. The summed E-state index contributed by atoms with van der Waals surface area (Å²) in [4.78, 5) is 14.7. The molecule has 2 aliphatic rings. The van der Waals surface area contributed by atoms with Crippen molar-refractivity contribution in [3.8, 4) is 0 Å². The van der Waals surface area contributed by atoms with Crippen LogP contribution in [0.5, 0.6) is 0 Å². The first kappa shape index (κ1) is 22.9. The molecule has 0 aliphatic carbocycles. The highest BCUT2D eigenvalue weighted by Gasteiger charge is 2.27. The zero-order valence-electron chi connectivity index (χ0n) is 14.3. The fraction of sp³-hybridized carbons (Fsp3) is 0.938. The molecule has 0 bridgehead atoms. The van der Waals surface area contributed by atoms with E-state index in [4.69, 9.17) is 10.5 Å². The maximum Gasteiger partial charge on any atom is 0.237 e. The molecule has 23 heavy (non-hydrogen) atoms. The molecule has 138 valence electrons. The molecule has 2 aliphatic heterocycles. The first-order chi connectivity index (χ1) is 10.1. The Morgan fingerprint density at radius 3 is 2.57 bits per heavy atom. The minimum Gasteiger partial charge on any atom is -0.381 e. The number of rotatable bonds is 5. The van der Waals surface area contributed by atoms with E-state index in [9.17, 15) is 4.79 Å². The van der Waals surface area contributed by atoms with Crippen LogP contribution < -0.4 is 11.1 Å². The molecule has 3 atom stereocenters. The number of nitrogens with one attached hydrogen (secondary N) is 1. The summed E-state index contributed by atoms with van der Waals surface area (Å²) < 4.78 is 5.32. The lowest BCUT2D eigenvalue weighted by Gasteiger charge is -2.36. The molecule has 0 aromatic heterocycles. The van der Waals surface area contributed by atoms with Crippen molar-refractivity contribution >= 4 is 30.7 Å². The largest absolute Gasteiger partial charge is 0.381 e. The molecule has 0 saturated carbocycles. The molecule has 2 saturated heterocycles. The van der Waals surface area contributed by atoms with E-state index >= 15 is 0 Å². The van der Waals surface area contributed by atoms with E-state index in [1.54, 1.807) is 0 Å². The van der Waals surface area contributed by atoms with Gasteiger partial charge in [0.15, 0.2) is 0 Å². The third-order valence-electron chi connectivity index (χ3n) is 4.96. The monoisotopic (exact) mass is 369 g/mol. The van der Waals surface area contributed by atoms with Gasteiger partial charge in [-0.1, -0.05) is 6.92 Å². The molecule has 0 aromatic carbocycles. The summed E-state index contributed by atoms with van der Waals surface area (Å²) >= 11 is 0. The number of nitrogens with two attached hydrogens (primary N) is 1. The Kier molecular flexibility index (Phi) is 11.4. The Morgan fingerprint density at radius 2 is 1.96 bits per heavy atom. The number of nitrogens with zero attached hydrogens (tertiary/aromatic N) is 1. The lowest BCUT2D eigenvalue weighted by Crippen LogP contribution is -2.51. The van der Waals surface area contributed by atoms with Crippen LogP contribution >= 0.6 is 24.8 Å². The van der Waals surface area contributed by atoms with Gasteiger partial charge >= 0.3 is 0 Å². The van der Waals surface area contributed by atoms with Gasteiger partial charge in [0.25, 0.3) is 0 Å². The number of hydrogen-bond donors (Lipinski definition) is 2. The number of ether oxygens (including phenoxy) is 1. The van der Waals surface area contributed by atoms with Crippen LogP contribution in [-0.2, 0) is 9.53 Å². The highest BCUT2D eigenvalue weighted by Crippen LogP contribution is 2.19. The Bertz CT molecular complexity index is 341. The van der Waals surface area contributed by atoms with Gasteiger partial charge in [-0.25, -0.2) is 0 Å².